The third kappa shape index (κ3) is 12.9. The summed E-state index contributed by atoms with van der Waals surface area (Å²) in [6, 6.07) is 23.0. The molecule has 0 saturated carbocycles. The Labute approximate surface area is 186 Å². The van der Waals surface area contributed by atoms with Crippen molar-refractivity contribution in [1.29, 1.82) is 0 Å². The number of anilines is 1. The monoisotopic (exact) mass is 413 g/mol. The molecule has 0 radical (unpaired) electrons. The summed E-state index contributed by atoms with van der Waals surface area (Å²) in [5.74, 6) is 0.644. The van der Waals surface area contributed by atoms with Crippen LogP contribution in [0.1, 0.15) is 0 Å². The number of aromatic hydroxyl groups is 2. The molecule has 0 aliphatic carbocycles. The summed E-state index contributed by atoms with van der Waals surface area (Å²) < 4.78 is 31.3. The molecular formula is C19H20NNaO6S. The molecule has 3 aromatic carbocycles. The van der Waals surface area contributed by atoms with Crippen molar-refractivity contribution in [3.8, 4) is 11.5 Å². The van der Waals surface area contributed by atoms with Crippen molar-refractivity contribution in [2.75, 3.05) is 5.73 Å². The van der Waals surface area contributed by atoms with Gasteiger partial charge in [0.2, 0.25) is 0 Å². The fourth-order valence-corrected chi connectivity index (χ4v) is 2.17. The molecule has 0 amide bonds. The number of para-hydroxylation sites is 3. The van der Waals surface area contributed by atoms with Crippen LogP contribution in [0, 0.1) is 0 Å². The smallest absolute Gasteiger partial charge is 0.744 e. The van der Waals surface area contributed by atoms with Crippen molar-refractivity contribution < 1.29 is 57.5 Å². The number of rotatable bonds is 1. The largest absolute Gasteiger partial charge is 1.00 e. The van der Waals surface area contributed by atoms with E-state index in [2.05, 4.69) is 0 Å². The van der Waals surface area contributed by atoms with Gasteiger partial charge in [-0.15, -0.1) is 0 Å². The molecule has 7 nitrogen and oxygen atoms in total. The molecule has 0 heterocycles. The van der Waals surface area contributed by atoms with Gasteiger partial charge in [0.15, 0.2) is 0 Å². The van der Waals surface area contributed by atoms with E-state index in [4.69, 9.17) is 20.7 Å². The first-order chi connectivity index (χ1) is 12.8. The molecule has 0 spiro atoms. The van der Waals surface area contributed by atoms with E-state index >= 15 is 0 Å². The molecule has 0 bridgehead atoms. The Balaban J connectivity index is 0. The van der Waals surface area contributed by atoms with Crippen LogP contribution >= 0.6 is 0 Å². The average molecular weight is 413 g/mol. The minimum absolute atomic E-state index is 0. The second-order valence-corrected chi connectivity index (χ2v) is 6.01. The number of hydrogen-bond donors (Lipinski definition) is 3. The molecule has 0 atom stereocenters. The van der Waals surface area contributed by atoms with Crippen LogP contribution in [0.5, 0.6) is 11.5 Å². The third-order valence-electron chi connectivity index (χ3n) is 2.70. The topological polar surface area (TPSA) is 141 Å². The van der Waals surface area contributed by atoms with Gasteiger partial charge in [-0.25, -0.2) is 8.42 Å². The van der Waals surface area contributed by atoms with E-state index in [9.17, 15) is 13.0 Å². The quantitative estimate of drug-likeness (QED) is 0.284. The minimum atomic E-state index is -4.41. The number of phenolic OH excluding ortho intramolecular Hbond substituents is 2. The fraction of sp³-hybridized carbons (Fsp3) is 0. The summed E-state index contributed by atoms with van der Waals surface area (Å²) in [5, 5.41) is 17.3. The maximum absolute atomic E-state index is 10.4. The van der Waals surface area contributed by atoms with Gasteiger partial charge in [0.25, 0.3) is 0 Å². The third-order valence-corrected chi connectivity index (χ3v) is 3.61. The summed E-state index contributed by atoms with van der Waals surface area (Å²) in [4.78, 5) is 7.64. The molecule has 0 saturated heterocycles. The van der Waals surface area contributed by atoms with E-state index < -0.39 is 10.1 Å². The van der Waals surface area contributed by atoms with Crippen molar-refractivity contribution in [2.24, 2.45) is 0 Å². The van der Waals surface area contributed by atoms with Gasteiger partial charge in [-0.05, 0) is 36.4 Å². The van der Waals surface area contributed by atoms with Gasteiger partial charge in [-0.3, -0.25) is 0 Å². The van der Waals surface area contributed by atoms with Crippen LogP contribution in [0.15, 0.2) is 89.8 Å². The molecule has 3 aromatic rings. The van der Waals surface area contributed by atoms with Crippen LogP contribution in [0.4, 0.5) is 5.69 Å². The second-order valence-electron chi connectivity index (χ2n) is 4.66. The Kier molecular flexibility index (Phi) is 15.6. The van der Waals surface area contributed by atoms with Gasteiger partial charge in [0.05, 0.1) is 4.90 Å². The normalized spacial score (nSPS) is 8.89. The Morgan fingerprint density at radius 3 is 1.25 bits per heavy atom. The van der Waals surface area contributed by atoms with E-state index in [0.29, 0.717) is 11.5 Å². The maximum atomic E-state index is 10.4. The first kappa shape index (κ1) is 27.9. The molecule has 3 rings (SSSR count). The summed E-state index contributed by atoms with van der Waals surface area (Å²) in [6.45, 7) is 2.00. The zero-order chi connectivity index (χ0) is 20.7. The van der Waals surface area contributed by atoms with Gasteiger partial charge in [0.1, 0.15) is 28.4 Å². The van der Waals surface area contributed by atoms with E-state index in [1.165, 1.54) is 18.2 Å². The molecule has 4 N–H and O–H groups in total. The standard InChI is InChI=1S/C6H7NO3S.2C6H6O.CH2O.Na/c7-5-3-1-2-4-6(5)11(8,9)10;2*7-6-4-2-1-3-5-6;1-2;/h1-4H,7H2,(H,8,9,10);2*1-5,7H;1H2;/q;;;;+1/p-1. The molecule has 0 aliphatic rings. The number of hydrogen-bond acceptors (Lipinski definition) is 7. The molecular weight excluding hydrogens is 393 g/mol. The number of phenols is 2. The van der Waals surface area contributed by atoms with Crippen LogP contribution in [0.25, 0.3) is 0 Å². The van der Waals surface area contributed by atoms with Gasteiger partial charge in [-0.2, -0.15) is 0 Å². The first-order valence-electron chi connectivity index (χ1n) is 7.38. The number of nitrogen functional groups attached to an aromatic ring is 1. The average Bonchev–Trinajstić information content (AvgIpc) is 2.65. The Hall–Kier alpha value is -2.36. The molecule has 28 heavy (non-hydrogen) atoms. The summed E-state index contributed by atoms with van der Waals surface area (Å²) in [7, 11) is -4.41. The van der Waals surface area contributed by atoms with Crippen LogP contribution in [-0.4, -0.2) is 30.0 Å². The van der Waals surface area contributed by atoms with E-state index in [1.807, 2.05) is 18.9 Å². The number of nitrogens with two attached hydrogens (primary N) is 1. The van der Waals surface area contributed by atoms with E-state index in [0.717, 1.165) is 0 Å². The minimum Gasteiger partial charge on any atom is -0.744 e. The maximum Gasteiger partial charge on any atom is 1.00 e. The van der Waals surface area contributed by atoms with Crippen molar-refractivity contribution in [3.05, 3.63) is 84.9 Å². The molecule has 0 aliphatic heterocycles. The Morgan fingerprint density at radius 1 is 0.714 bits per heavy atom. The number of benzene rings is 3. The van der Waals surface area contributed by atoms with Gasteiger partial charge in [0, 0.05) is 5.69 Å². The zero-order valence-corrected chi connectivity index (χ0v) is 18.1. The van der Waals surface area contributed by atoms with Crippen LogP contribution in [0.3, 0.4) is 0 Å². The zero-order valence-electron chi connectivity index (χ0n) is 15.3. The van der Waals surface area contributed by atoms with Crippen LogP contribution in [0.2, 0.25) is 0 Å². The van der Waals surface area contributed by atoms with Crippen LogP contribution < -0.4 is 35.3 Å². The molecule has 144 valence electrons. The summed E-state index contributed by atoms with van der Waals surface area (Å²) >= 11 is 0. The van der Waals surface area contributed by atoms with Gasteiger partial charge < -0.3 is 25.3 Å². The summed E-state index contributed by atoms with van der Waals surface area (Å²) in [6.07, 6.45) is 0. The van der Waals surface area contributed by atoms with Gasteiger partial charge >= 0.3 is 29.6 Å². The van der Waals surface area contributed by atoms with Crippen molar-refractivity contribution in [2.45, 2.75) is 4.90 Å². The van der Waals surface area contributed by atoms with E-state index in [1.54, 1.807) is 54.6 Å². The number of carbonyl (C=O) groups excluding carboxylic acids is 1. The predicted molar refractivity (Wildman–Crippen MR) is 102 cm³/mol. The SMILES string of the molecule is C=O.Nc1ccccc1S(=O)(=O)[O-].Oc1ccccc1.Oc1ccccc1.[Na+]. The van der Waals surface area contributed by atoms with Crippen molar-refractivity contribution in [1.82, 2.24) is 0 Å². The Morgan fingerprint density at radius 2 is 1.04 bits per heavy atom. The number of carbonyl (C=O) groups is 1. The second kappa shape index (κ2) is 15.7. The van der Waals surface area contributed by atoms with Crippen LogP contribution in [-0.2, 0) is 14.9 Å². The molecule has 0 aromatic heterocycles. The van der Waals surface area contributed by atoms with Crippen molar-refractivity contribution in [3.63, 3.8) is 0 Å². The molecule has 0 fully saturated rings. The van der Waals surface area contributed by atoms with Crippen molar-refractivity contribution >= 4 is 22.6 Å². The Bertz CT molecular complexity index is 840. The fourth-order valence-electron chi connectivity index (χ4n) is 1.56. The van der Waals surface area contributed by atoms with Gasteiger partial charge in [-0.1, -0.05) is 48.5 Å². The molecule has 9 heteroatoms. The van der Waals surface area contributed by atoms with E-state index in [-0.39, 0.29) is 40.1 Å². The summed E-state index contributed by atoms with van der Waals surface area (Å²) in [5.41, 5.74) is 5.22. The predicted octanol–water partition coefficient (Wildman–Crippen LogP) is -0.224. The molecule has 0 unspecified atom stereocenters. The first-order valence-corrected chi connectivity index (χ1v) is 8.79.